The lowest BCUT2D eigenvalue weighted by molar-refractivity contribution is -0.117. The van der Waals surface area contributed by atoms with E-state index in [1.165, 1.54) is 0 Å². The van der Waals surface area contributed by atoms with E-state index in [1.807, 2.05) is 69.4 Å². The van der Waals surface area contributed by atoms with Gasteiger partial charge in [-0.05, 0) is 57.4 Å². The van der Waals surface area contributed by atoms with Crippen LogP contribution in [0.5, 0.6) is 5.75 Å². The van der Waals surface area contributed by atoms with Gasteiger partial charge in [0.25, 0.3) is 0 Å². The van der Waals surface area contributed by atoms with E-state index in [0.717, 1.165) is 41.7 Å². The maximum absolute atomic E-state index is 12.3. The minimum absolute atomic E-state index is 0.0450. The zero-order valence-electron chi connectivity index (χ0n) is 19.8. The van der Waals surface area contributed by atoms with Crippen LogP contribution in [-0.2, 0) is 9.53 Å². The predicted octanol–water partition coefficient (Wildman–Crippen LogP) is 4.74. The molecule has 34 heavy (non-hydrogen) atoms. The number of ether oxygens (including phenoxy) is 2. The molecular weight excluding hydrogens is 432 g/mol. The van der Waals surface area contributed by atoms with Crippen molar-refractivity contribution in [2.24, 2.45) is 5.92 Å². The number of pyridine rings is 1. The van der Waals surface area contributed by atoms with Crippen molar-refractivity contribution < 1.29 is 19.1 Å². The van der Waals surface area contributed by atoms with E-state index in [-0.39, 0.29) is 24.0 Å². The largest absolute Gasteiger partial charge is 0.489 e. The Balaban J connectivity index is 1.25. The number of benzene rings is 1. The SMILES string of the molecule is CC(C)(C)OC(=O)N1CC[C@@H](Oc2ccc(-c3cccn4nc(NC(=O)C5CC5)cc34)cc2)C1. The van der Waals surface area contributed by atoms with Gasteiger partial charge in [-0.3, -0.25) is 4.79 Å². The Labute approximate surface area is 198 Å². The minimum Gasteiger partial charge on any atom is -0.489 e. The summed E-state index contributed by atoms with van der Waals surface area (Å²) in [7, 11) is 0. The number of hydrogen-bond acceptors (Lipinski definition) is 5. The Morgan fingerprint density at radius 3 is 2.56 bits per heavy atom. The average molecular weight is 463 g/mol. The quantitative estimate of drug-likeness (QED) is 0.592. The molecule has 1 saturated heterocycles. The van der Waals surface area contributed by atoms with Crippen LogP contribution in [0.15, 0.2) is 48.7 Å². The van der Waals surface area contributed by atoms with Gasteiger partial charge in [-0.2, -0.15) is 5.10 Å². The lowest BCUT2D eigenvalue weighted by Gasteiger charge is -2.24. The fourth-order valence-electron chi connectivity index (χ4n) is 4.12. The van der Waals surface area contributed by atoms with Crippen molar-refractivity contribution in [1.29, 1.82) is 0 Å². The average Bonchev–Trinajstić information content (AvgIpc) is 3.39. The number of carbonyl (C=O) groups excluding carboxylic acids is 2. The fraction of sp³-hybridized carbons (Fsp3) is 0.423. The first-order valence-corrected chi connectivity index (χ1v) is 11.8. The molecule has 1 atom stereocenters. The second-order valence-corrected chi connectivity index (χ2v) is 10.0. The maximum Gasteiger partial charge on any atom is 0.410 e. The van der Waals surface area contributed by atoms with Crippen molar-refractivity contribution in [3.05, 3.63) is 48.7 Å². The Bertz CT molecular complexity index is 1210. The number of likely N-dealkylation sites (tertiary alicyclic amines) is 1. The number of hydrogen-bond donors (Lipinski definition) is 1. The Morgan fingerprint density at radius 1 is 1.09 bits per heavy atom. The molecule has 8 nitrogen and oxygen atoms in total. The van der Waals surface area contributed by atoms with Crippen molar-refractivity contribution in [1.82, 2.24) is 14.5 Å². The summed E-state index contributed by atoms with van der Waals surface area (Å²) in [6.07, 6.45) is 4.20. The van der Waals surface area contributed by atoms with E-state index in [1.54, 1.807) is 9.42 Å². The van der Waals surface area contributed by atoms with Crippen LogP contribution in [0.4, 0.5) is 10.6 Å². The molecule has 2 aromatic heterocycles. The number of rotatable bonds is 5. The summed E-state index contributed by atoms with van der Waals surface area (Å²) in [5, 5.41) is 7.41. The van der Waals surface area contributed by atoms with Crippen molar-refractivity contribution in [3.8, 4) is 16.9 Å². The topological polar surface area (TPSA) is 85.2 Å². The van der Waals surface area contributed by atoms with E-state index >= 15 is 0 Å². The zero-order chi connectivity index (χ0) is 23.9. The van der Waals surface area contributed by atoms with E-state index in [4.69, 9.17) is 9.47 Å². The third-order valence-electron chi connectivity index (χ3n) is 5.97. The van der Waals surface area contributed by atoms with Crippen LogP contribution in [0.25, 0.3) is 16.6 Å². The minimum atomic E-state index is -0.506. The van der Waals surface area contributed by atoms with Crippen LogP contribution >= 0.6 is 0 Å². The molecule has 2 fully saturated rings. The van der Waals surface area contributed by atoms with Gasteiger partial charge in [0.05, 0.1) is 12.1 Å². The second kappa shape index (κ2) is 8.66. The standard InChI is InChI=1S/C26H30N4O4/c1-26(2,3)34-25(32)29-14-12-20(16-29)33-19-10-8-17(9-11-19)21-5-4-13-30-22(21)15-23(28-30)27-24(31)18-6-7-18/h4-5,8-11,13,15,18,20H,6-7,12,14,16H2,1-3H3,(H,27,28,31)/t20-/m1/s1. The number of fused-ring (bicyclic) bond motifs is 1. The van der Waals surface area contributed by atoms with Gasteiger partial charge >= 0.3 is 6.09 Å². The van der Waals surface area contributed by atoms with Crippen molar-refractivity contribution in [3.63, 3.8) is 0 Å². The molecule has 3 aromatic rings. The van der Waals surface area contributed by atoms with Crippen LogP contribution in [0.1, 0.15) is 40.0 Å². The van der Waals surface area contributed by atoms with Gasteiger partial charge in [0.15, 0.2) is 5.82 Å². The smallest absolute Gasteiger partial charge is 0.410 e. The van der Waals surface area contributed by atoms with Gasteiger partial charge in [-0.15, -0.1) is 0 Å². The van der Waals surface area contributed by atoms with E-state index < -0.39 is 5.60 Å². The molecule has 5 rings (SSSR count). The number of anilines is 1. The highest BCUT2D eigenvalue weighted by atomic mass is 16.6. The number of amides is 2. The van der Waals surface area contributed by atoms with Crippen LogP contribution in [-0.4, -0.2) is 51.3 Å². The zero-order valence-corrected chi connectivity index (χ0v) is 19.8. The van der Waals surface area contributed by atoms with Gasteiger partial charge in [-0.1, -0.05) is 18.2 Å². The van der Waals surface area contributed by atoms with Gasteiger partial charge in [-0.25, -0.2) is 9.31 Å². The van der Waals surface area contributed by atoms with Crippen molar-refractivity contribution in [2.75, 3.05) is 18.4 Å². The third-order valence-corrected chi connectivity index (χ3v) is 5.97. The van der Waals surface area contributed by atoms with Crippen LogP contribution in [0, 0.1) is 5.92 Å². The molecule has 0 spiro atoms. The van der Waals surface area contributed by atoms with Gasteiger partial charge < -0.3 is 19.7 Å². The lowest BCUT2D eigenvalue weighted by Crippen LogP contribution is -2.36. The van der Waals surface area contributed by atoms with E-state index in [2.05, 4.69) is 10.4 Å². The molecule has 2 amide bonds. The highest BCUT2D eigenvalue weighted by Crippen LogP contribution is 2.32. The van der Waals surface area contributed by atoms with Crippen LogP contribution < -0.4 is 10.1 Å². The predicted molar refractivity (Wildman–Crippen MR) is 129 cm³/mol. The molecule has 178 valence electrons. The lowest BCUT2D eigenvalue weighted by atomic mass is 10.1. The monoisotopic (exact) mass is 462 g/mol. The summed E-state index contributed by atoms with van der Waals surface area (Å²) in [5.74, 6) is 1.51. The first-order chi connectivity index (χ1) is 16.2. The highest BCUT2D eigenvalue weighted by molar-refractivity contribution is 5.94. The molecule has 8 heteroatoms. The summed E-state index contributed by atoms with van der Waals surface area (Å²) in [4.78, 5) is 26.1. The number of aromatic nitrogens is 2. The summed E-state index contributed by atoms with van der Waals surface area (Å²) < 4.78 is 13.4. The first kappa shape index (κ1) is 22.3. The molecule has 1 aliphatic heterocycles. The van der Waals surface area contributed by atoms with E-state index in [9.17, 15) is 9.59 Å². The molecule has 0 radical (unpaired) electrons. The molecule has 3 heterocycles. The van der Waals surface area contributed by atoms with E-state index in [0.29, 0.717) is 18.9 Å². The Hall–Kier alpha value is -3.55. The first-order valence-electron chi connectivity index (χ1n) is 11.8. The molecule has 1 saturated carbocycles. The molecule has 2 aliphatic rings. The molecule has 1 aliphatic carbocycles. The summed E-state index contributed by atoms with van der Waals surface area (Å²) in [5.41, 5.74) is 2.46. The van der Waals surface area contributed by atoms with Crippen LogP contribution in [0.3, 0.4) is 0 Å². The summed E-state index contributed by atoms with van der Waals surface area (Å²) in [6.45, 7) is 6.74. The second-order valence-electron chi connectivity index (χ2n) is 10.0. The van der Waals surface area contributed by atoms with Crippen molar-refractivity contribution >= 4 is 23.3 Å². The van der Waals surface area contributed by atoms with Gasteiger partial charge in [0, 0.05) is 36.7 Å². The number of carbonyl (C=O) groups is 2. The molecular formula is C26H30N4O4. The summed E-state index contributed by atoms with van der Waals surface area (Å²) >= 11 is 0. The molecule has 0 bridgehead atoms. The van der Waals surface area contributed by atoms with Gasteiger partial charge in [0.1, 0.15) is 17.5 Å². The molecule has 0 unspecified atom stereocenters. The Morgan fingerprint density at radius 2 is 1.85 bits per heavy atom. The Kier molecular flexibility index (Phi) is 5.67. The highest BCUT2D eigenvalue weighted by Gasteiger charge is 2.31. The molecule has 1 aromatic carbocycles. The number of nitrogens with one attached hydrogen (secondary N) is 1. The summed E-state index contributed by atoms with van der Waals surface area (Å²) in [6, 6.07) is 13.8. The van der Waals surface area contributed by atoms with Gasteiger partial charge in [0.2, 0.25) is 5.91 Å². The fourth-order valence-corrected chi connectivity index (χ4v) is 4.12. The normalized spacial score (nSPS) is 18.2. The maximum atomic E-state index is 12.3. The van der Waals surface area contributed by atoms with Crippen LogP contribution in [0.2, 0.25) is 0 Å². The molecule has 1 N–H and O–H groups in total. The van der Waals surface area contributed by atoms with Crippen molar-refractivity contribution in [2.45, 2.75) is 51.7 Å². The number of nitrogens with zero attached hydrogens (tertiary/aromatic N) is 3. The third kappa shape index (κ3) is 5.00.